The van der Waals surface area contributed by atoms with Crippen molar-refractivity contribution in [3.8, 4) is 0 Å². The highest BCUT2D eigenvalue weighted by atomic mass is 35.5. The van der Waals surface area contributed by atoms with Crippen LogP contribution in [0.15, 0.2) is 24.3 Å². The van der Waals surface area contributed by atoms with Gasteiger partial charge in [0.15, 0.2) is 0 Å². The molecule has 1 amide bonds. The summed E-state index contributed by atoms with van der Waals surface area (Å²) in [5, 5.41) is 2.76. The zero-order valence-electron chi connectivity index (χ0n) is 13.3. The molecule has 0 aliphatic carbocycles. The van der Waals surface area contributed by atoms with Crippen molar-refractivity contribution in [1.82, 2.24) is 0 Å². The van der Waals surface area contributed by atoms with Crippen LogP contribution < -0.4 is 11.1 Å². The second-order valence-corrected chi connectivity index (χ2v) is 5.32. The lowest BCUT2D eigenvalue weighted by Gasteiger charge is -2.17. The molecule has 0 aliphatic heterocycles. The van der Waals surface area contributed by atoms with Crippen LogP contribution in [0.25, 0.3) is 0 Å². The molecule has 124 valence electrons. The Morgan fingerprint density at radius 2 is 1.82 bits per heavy atom. The van der Waals surface area contributed by atoms with Crippen molar-refractivity contribution in [2.45, 2.75) is 33.7 Å². The Morgan fingerprint density at radius 1 is 1.23 bits per heavy atom. The molecule has 0 aromatic heterocycles. The molecule has 0 bridgehead atoms. The lowest BCUT2D eigenvalue weighted by molar-refractivity contribution is -0.151. The summed E-state index contributed by atoms with van der Waals surface area (Å²) < 4.78 is 4.98. The van der Waals surface area contributed by atoms with Gasteiger partial charge in [0, 0.05) is 12.2 Å². The van der Waals surface area contributed by atoms with Crippen molar-refractivity contribution < 1.29 is 14.3 Å². The summed E-state index contributed by atoms with van der Waals surface area (Å²) in [5.41, 5.74) is 7.16. The average Bonchev–Trinajstić information content (AvgIpc) is 2.45. The van der Waals surface area contributed by atoms with Gasteiger partial charge < -0.3 is 15.8 Å². The van der Waals surface area contributed by atoms with E-state index in [2.05, 4.69) is 5.32 Å². The number of amides is 1. The number of carbonyl (C=O) groups is 2. The summed E-state index contributed by atoms with van der Waals surface area (Å²) in [6.45, 7) is 6.39. The first kappa shape index (κ1) is 20.4. The minimum absolute atomic E-state index is 0. The maximum atomic E-state index is 12.3. The number of nitrogens with one attached hydrogen (secondary N) is 1. The summed E-state index contributed by atoms with van der Waals surface area (Å²) in [5.74, 6) is -1.35. The van der Waals surface area contributed by atoms with E-state index in [-0.39, 0.29) is 30.8 Å². The second-order valence-electron chi connectivity index (χ2n) is 5.32. The summed E-state index contributed by atoms with van der Waals surface area (Å²) in [4.78, 5) is 24.2. The molecule has 0 saturated heterocycles. The lowest BCUT2D eigenvalue weighted by atomic mass is 9.96. The predicted octanol–water partition coefficient (Wildman–Crippen LogP) is 2.73. The van der Waals surface area contributed by atoms with Crippen LogP contribution in [0.1, 0.15) is 32.8 Å². The van der Waals surface area contributed by atoms with Crippen LogP contribution in [0.2, 0.25) is 0 Å². The van der Waals surface area contributed by atoms with Crippen LogP contribution in [-0.2, 0) is 20.9 Å². The van der Waals surface area contributed by atoms with Gasteiger partial charge in [-0.3, -0.25) is 9.59 Å². The highest BCUT2D eigenvalue weighted by Gasteiger charge is 2.28. The van der Waals surface area contributed by atoms with Gasteiger partial charge in [-0.1, -0.05) is 26.0 Å². The zero-order valence-corrected chi connectivity index (χ0v) is 14.1. The summed E-state index contributed by atoms with van der Waals surface area (Å²) in [6, 6.07) is 7.24. The van der Waals surface area contributed by atoms with Crippen molar-refractivity contribution in [3.05, 3.63) is 29.8 Å². The predicted molar refractivity (Wildman–Crippen MR) is 89.8 cm³/mol. The Hall–Kier alpha value is -1.59. The van der Waals surface area contributed by atoms with Gasteiger partial charge in [-0.25, -0.2) is 0 Å². The standard InChI is InChI=1S/C16H24N2O3.ClH/c1-4-21-16(20)14(9-11(2)3)15(19)18-13-7-5-12(10-17)6-8-13;/h5-8,11,14H,4,9-10,17H2,1-3H3,(H,18,19);1H. The summed E-state index contributed by atoms with van der Waals surface area (Å²) >= 11 is 0. The van der Waals surface area contributed by atoms with Gasteiger partial charge in [0.05, 0.1) is 6.61 Å². The molecule has 1 atom stereocenters. The van der Waals surface area contributed by atoms with Crippen molar-refractivity contribution in [2.24, 2.45) is 17.6 Å². The fourth-order valence-electron chi connectivity index (χ4n) is 1.98. The molecule has 0 aliphatic rings. The fourth-order valence-corrected chi connectivity index (χ4v) is 1.98. The number of anilines is 1. The topological polar surface area (TPSA) is 81.4 Å². The zero-order chi connectivity index (χ0) is 15.8. The summed E-state index contributed by atoms with van der Waals surface area (Å²) in [7, 11) is 0. The number of nitrogens with two attached hydrogens (primary N) is 1. The number of hydrogen-bond acceptors (Lipinski definition) is 4. The van der Waals surface area contributed by atoms with Gasteiger partial charge >= 0.3 is 5.97 Å². The molecule has 1 rings (SSSR count). The lowest BCUT2D eigenvalue weighted by Crippen LogP contribution is -2.32. The smallest absolute Gasteiger partial charge is 0.318 e. The average molecular weight is 329 g/mol. The molecule has 0 fully saturated rings. The number of ether oxygens (including phenoxy) is 1. The molecule has 3 N–H and O–H groups in total. The number of hydrogen-bond donors (Lipinski definition) is 2. The highest BCUT2D eigenvalue weighted by Crippen LogP contribution is 2.17. The van der Waals surface area contributed by atoms with E-state index in [0.717, 1.165) is 5.56 Å². The third-order valence-corrected chi connectivity index (χ3v) is 3.05. The molecule has 0 saturated carbocycles. The van der Waals surface area contributed by atoms with Crippen LogP contribution in [-0.4, -0.2) is 18.5 Å². The highest BCUT2D eigenvalue weighted by molar-refractivity contribution is 6.04. The van der Waals surface area contributed by atoms with E-state index in [9.17, 15) is 9.59 Å². The largest absolute Gasteiger partial charge is 0.465 e. The quantitative estimate of drug-likeness (QED) is 0.595. The molecule has 1 aromatic rings. The molecule has 6 heteroatoms. The van der Waals surface area contributed by atoms with Gasteiger partial charge in [0.25, 0.3) is 0 Å². The molecule has 0 heterocycles. The van der Waals surface area contributed by atoms with Crippen molar-refractivity contribution >= 4 is 30.0 Å². The van der Waals surface area contributed by atoms with Crippen molar-refractivity contribution in [2.75, 3.05) is 11.9 Å². The second kappa shape index (κ2) is 10.2. The van der Waals surface area contributed by atoms with Crippen LogP contribution in [0.5, 0.6) is 0 Å². The summed E-state index contributed by atoms with van der Waals surface area (Å²) in [6.07, 6.45) is 0.464. The number of carbonyl (C=O) groups excluding carboxylic acids is 2. The maximum Gasteiger partial charge on any atom is 0.318 e. The fraction of sp³-hybridized carbons (Fsp3) is 0.500. The molecular formula is C16H25ClN2O3. The van der Waals surface area contributed by atoms with Gasteiger partial charge in [0.2, 0.25) is 5.91 Å². The minimum Gasteiger partial charge on any atom is -0.465 e. The number of esters is 1. The Kier molecular flexibility index (Phi) is 9.45. The van der Waals surface area contributed by atoms with Crippen molar-refractivity contribution in [3.63, 3.8) is 0 Å². The van der Waals surface area contributed by atoms with E-state index in [1.165, 1.54) is 0 Å². The van der Waals surface area contributed by atoms with Crippen LogP contribution in [0.4, 0.5) is 5.69 Å². The van der Waals surface area contributed by atoms with Gasteiger partial charge in [0.1, 0.15) is 5.92 Å². The molecule has 1 unspecified atom stereocenters. The first-order valence-corrected chi connectivity index (χ1v) is 7.24. The molecule has 1 aromatic carbocycles. The Morgan fingerprint density at radius 3 is 2.27 bits per heavy atom. The van der Waals surface area contributed by atoms with Crippen LogP contribution in [0, 0.1) is 11.8 Å². The first-order valence-electron chi connectivity index (χ1n) is 7.24. The van der Waals surface area contributed by atoms with Crippen LogP contribution in [0.3, 0.4) is 0 Å². The molecule has 5 nitrogen and oxygen atoms in total. The van der Waals surface area contributed by atoms with E-state index >= 15 is 0 Å². The van der Waals surface area contributed by atoms with E-state index in [4.69, 9.17) is 10.5 Å². The van der Waals surface area contributed by atoms with E-state index in [1.807, 2.05) is 26.0 Å². The van der Waals surface area contributed by atoms with Gasteiger partial charge in [-0.05, 0) is 37.0 Å². The SMILES string of the molecule is CCOC(=O)C(CC(C)C)C(=O)Nc1ccc(CN)cc1.Cl. The monoisotopic (exact) mass is 328 g/mol. The van der Waals surface area contributed by atoms with Gasteiger partial charge in [-0.15, -0.1) is 12.4 Å². The number of benzene rings is 1. The van der Waals surface area contributed by atoms with E-state index in [1.54, 1.807) is 19.1 Å². The Bertz CT molecular complexity index is 475. The first-order chi connectivity index (χ1) is 9.97. The number of rotatable bonds is 7. The normalized spacial score (nSPS) is 11.5. The minimum atomic E-state index is -0.779. The van der Waals surface area contributed by atoms with E-state index in [0.29, 0.717) is 18.7 Å². The number of halogens is 1. The molecule has 0 spiro atoms. The molecule has 22 heavy (non-hydrogen) atoms. The third-order valence-electron chi connectivity index (χ3n) is 3.05. The molecular weight excluding hydrogens is 304 g/mol. The maximum absolute atomic E-state index is 12.3. The van der Waals surface area contributed by atoms with Gasteiger partial charge in [-0.2, -0.15) is 0 Å². The van der Waals surface area contributed by atoms with Crippen LogP contribution >= 0.6 is 12.4 Å². The van der Waals surface area contributed by atoms with Crippen molar-refractivity contribution in [1.29, 1.82) is 0 Å². The third kappa shape index (κ3) is 6.45. The Balaban J connectivity index is 0.00000441. The molecule has 0 radical (unpaired) electrons. The van der Waals surface area contributed by atoms with E-state index < -0.39 is 11.9 Å². The Labute approximate surface area is 138 Å².